The third-order valence-corrected chi connectivity index (χ3v) is 5.43. The molecule has 132 valence electrons. The van der Waals surface area contributed by atoms with Crippen LogP contribution in [-0.4, -0.2) is 28.1 Å². The maximum absolute atomic E-state index is 5.65. The Hall–Kier alpha value is -2.59. The summed E-state index contributed by atoms with van der Waals surface area (Å²) >= 11 is 5.65. The van der Waals surface area contributed by atoms with Crippen molar-refractivity contribution in [3.63, 3.8) is 0 Å². The van der Waals surface area contributed by atoms with Crippen LogP contribution in [0.25, 0.3) is 16.5 Å². The van der Waals surface area contributed by atoms with Crippen LogP contribution in [0.2, 0.25) is 0 Å². The Morgan fingerprint density at radius 2 is 2.00 bits per heavy atom. The molecule has 26 heavy (non-hydrogen) atoms. The highest BCUT2D eigenvalue weighted by molar-refractivity contribution is 7.80. The molecule has 0 amide bonds. The number of aromatic amines is 1. The smallest absolute Gasteiger partial charge is 0.173 e. The minimum Gasteiger partial charge on any atom is -0.361 e. The van der Waals surface area contributed by atoms with Crippen molar-refractivity contribution in [2.75, 3.05) is 18.4 Å². The van der Waals surface area contributed by atoms with Gasteiger partial charge in [-0.25, -0.2) is 0 Å². The molecular weight excluding hydrogens is 338 g/mol. The summed E-state index contributed by atoms with van der Waals surface area (Å²) in [5, 5.41) is 5.52. The molecule has 0 aliphatic carbocycles. The first kappa shape index (κ1) is 16.9. The van der Waals surface area contributed by atoms with E-state index < -0.39 is 0 Å². The van der Waals surface area contributed by atoms with E-state index >= 15 is 0 Å². The van der Waals surface area contributed by atoms with E-state index in [0.29, 0.717) is 0 Å². The molecule has 0 unspecified atom stereocenters. The van der Waals surface area contributed by atoms with Gasteiger partial charge < -0.3 is 15.2 Å². The predicted molar refractivity (Wildman–Crippen MR) is 115 cm³/mol. The Morgan fingerprint density at radius 3 is 2.81 bits per heavy atom. The average molecular weight is 362 g/mol. The zero-order chi connectivity index (χ0) is 18.1. The maximum Gasteiger partial charge on any atom is 0.173 e. The normalized spacial score (nSPS) is 14.4. The zero-order valence-electron chi connectivity index (χ0n) is 15.2. The van der Waals surface area contributed by atoms with Crippen LogP contribution in [0.5, 0.6) is 0 Å². The molecule has 2 N–H and O–H groups in total. The van der Waals surface area contributed by atoms with Gasteiger partial charge in [0.2, 0.25) is 0 Å². The minimum absolute atomic E-state index is 0.799. The Bertz CT molecular complexity index is 1000. The van der Waals surface area contributed by atoms with Crippen molar-refractivity contribution in [1.29, 1.82) is 0 Å². The lowest BCUT2D eigenvalue weighted by molar-refractivity contribution is 0.466. The summed E-state index contributed by atoms with van der Waals surface area (Å²) in [5.74, 6) is 0. The number of nitrogens with one attached hydrogen (secondary N) is 2. The first-order valence-corrected chi connectivity index (χ1v) is 9.41. The molecule has 0 saturated carbocycles. The molecule has 1 aliphatic heterocycles. The Labute approximate surface area is 159 Å². The quantitative estimate of drug-likeness (QED) is 0.610. The van der Waals surface area contributed by atoms with E-state index in [-0.39, 0.29) is 0 Å². The summed E-state index contributed by atoms with van der Waals surface area (Å²) in [7, 11) is 0. The number of anilines is 1. The van der Waals surface area contributed by atoms with E-state index in [1.54, 1.807) is 0 Å². The molecule has 0 atom stereocenters. The monoisotopic (exact) mass is 361 g/mol. The highest BCUT2D eigenvalue weighted by Crippen LogP contribution is 2.29. The number of aromatic nitrogens is 1. The van der Waals surface area contributed by atoms with Crippen LogP contribution < -0.4 is 5.32 Å². The summed E-state index contributed by atoms with van der Waals surface area (Å²) in [6.07, 6.45) is 5.42. The molecule has 2 aromatic carbocycles. The van der Waals surface area contributed by atoms with Gasteiger partial charge in [0.05, 0.1) is 0 Å². The predicted octanol–water partition coefficient (Wildman–Crippen LogP) is 5.27. The fraction of sp³-hybridized carbons (Fsp3) is 0.227. The van der Waals surface area contributed by atoms with Gasteiger partial charge in [-0.1, -0.05) is 36.4 Å². The van der Waals surface area contributed by atoms with Gasteiger partial charge in [-0.3, -0.25) is 0 Å². The van der Waals surface area contributed by atoms with Gasteiger partial charge in [-0.15, -0.1) is 0 Å². The van der Waals surface area contributed by atoms with E-state index in [1.165, 1.54) is 33.2 Å². The Balaban J connectivity index is 1.48. The van der Waals surface area contributed by atoms with E-state index in [4.69, 9.17) is 12.2 Å². The minimum atomic E-state index is 0.799. The molecule has 3 aromatic rings. The number of H-pyrrole nitrogens is 1. The highest BCUT2D eigenvalue weighted by Gasteiger charge is 2.17. The van der Waals surface area contributed by atoms with E-state index in [9.17, 15) is 0 Å². The van der Waals surface area contributed by atoms with Crippen LogP contribution in [0.4, 0.5) is 5.69 Å². The number of para-hydroxylation sites is 1. The molecule has 2 heterocycles. The first-order chi connectivity index (χ1) is 12.6. The van der Waals surface area contributed by atoms with E-state index in [1.807, 2.05) is 0 Å². The lowest BCUT2D eigenvalue weighted by Crippen LogP contribution is -2.37. The molecule has 1 aliphatic rings. The van der Waals surface area contributed by atoms with E-state index in [2.05, 4.69) is 83.8 Å². The van der Waals surface area contributed by atoms with Crippen LogP contribution in [0.3, 0.4) is 0 Å². The van der Waals surface area contributed by atoms with Crippen LogP contribution in [0.1, 0.15) is 23.1 Å². The number of fused-ring (bicyclic) bond motifs is 1. The van der Waals surface area contributed by atoms with Crippen molar-refractivity contribution in [2.45, 2.75) is 20.3 Å². The lowest BCUT2D eigenvalue weighted by Gasteiger charge is -2.29. The van der Waals surface area contributed by atoms with Crippen LogP contribution in [0, 0.1) is 13.8 Å². The number of hydrogen-bond donors (Lipinski definition) is 2. The van der Waals surface area contributed by atoms with Gasteiger partial charge in [0, 0.05) is 41.4 Å². The van der Waals surface area contributed by atoms with Gasteiger partial charge in [0.1, 0.15) is 0 Å². The van der Waals surface area contributed by atoms with Gasteiger partial charge in [-0.2, -0.15) is 0 Å². The highest BCUT2D eigenvalue weighted by atomic mass is 32.1. The van der Waals surface area contributed by atoms with Crippen molar-refractivity contribution in [3.8, 4) is 0 Å². The third kappa shape index (κ3) is 3.25. The molecule has 4 heteroatoms. The summed E-state index contributed by atoms with van der Waals surface area (Å²) in [5.41, 5.74) is 7.45. The van der Waals surface area contributed by atoms with Gasteiger partial charge in [0.25, 0.3) is 0 Å². The second-order valence-corrected chi connectivity index (χ2v) is 7.31. The molecule has 0 spiro atoms. The number of aryl methyl sites for hydroxylation is 2. The second-order valence-electron chi connectivity index (χ2n) is 6.92. The van der Waals surface area contributed by atoms with Crippen molar-refractivity contribution in [2.24, 2.45) is 0 Å². The standard InChI is InChI=1S/C22H23N3S/c1-15-7-8-16(2)21(13-15)24-22(26)25-11-9-17(10-12-25)19-14-23-20-6-4-3-5-18(19)20/h3-9,13-14,23H,10-12H2,1-2H3,(H,24,26). The fourth-order valence-electron chi connectivity index (χ4n) is 3.50. The fourth-order valence-corrected chi connectivity index (χ4v) is 3.78. The van der Waals surface area contributed by atoms with Crippen LogP contribution >= 0.6 is 12.2 Å². The van der Waals surface area contributed by atoms with Crippen molar-refractivity contribution < 1.29 is 0 Å². The Kier molecular flexibility index (Phi) is 4.51. The van der Waals surface area contributed by atoms with Crippen molar-refractivity contribution >= 4 is 39.5 Å². The summed E-state index contributed by atoms with van der Waals surface area (Å²) in [6, 6.07) is 14.9. The number of rotatable bonds is 2. The molecular formula is C22H23N3S. The summed E-state index contributed by atoms with van der Waals surface area (Å²) in [4.78, 5) is 5.60. The van der Waals surface area contributed by atoms with Crippen molar-refractivity contribution in [3.05, 3.63) is 71.4 Å². The topological polar surface area (TPSA) is 31.1 Å². The Morgan fingerprint density at radius 1 is 1.15 bits per heavy atom. The molecule has 4 rings (SSSR count). The summed E-state index contributed by atoms with van der Waals surface area (Å²) in [6.45, 7) is 5.98. The third-order valence-electron chi connectivity index (χ3n) is 5.07. The van der Waals surface area contributed by atoms with Crippen LogP contribution in [-0.2, 0) is 0 Å². The number of hydrogen-bond acceptors (Lipinski definition) is 1. The number of thiocarbonyl (C=S) groups is 1. The number of benzene rings is 2. The van der Waals surface area contributed by atoms with Gasteiger partial charge in [-0.05, 0) is 61.3 Å². The van der Waals surface area contributed by atoms with E-state index in [0.717, 1.165) is 30.3 Å². The van der Waals surface area contributed by atoms with Gasteiger partial charge >= 0.3 is 0 Å². The maximum atomic E-state index is 5.65. The molecule has 0 radical (unpaired) electrons. The second kappa shape index (κ2) is 6.96. The van der Waals surface area contributed by atoms with Crippen molar-refractivity contribution in [1.82, 2.24) is 9.88 Å². The SMILES string of the molecule is Cc1ccc(C)c(NC(=S)N2CC=C(c3c[nH]c4ccccc34)CC2)c1. The molecule has 3 nitrogen and oxygen atoms in total. The van der Waals surface area contributed by atoms with Gasteiger partial charge in [0.15, 0.2) is 5.11 Å². The molecule has 0 bridgehead atoms. The lowest BCUT2D eigenvalue weighted by atomic mass is 9.99. The van der Waals surface area contributed by atoms with Crippen LogP contribution in [0.15, 0.2) is 54.7 Å². The number of nitrogens with zero attached hydrogens (tertiary/aromatic N) is 1. The average Bonchev–Trinajstić information content (AvgIpc) is 3.09. The molecule has 1 aromatic heterocycles. The zero-order valence-corrected chi connectivity index (χ0v) is 16.0. The molecule has 0 fully saturated rings. The molecule has 0 saturated heterocycles. The summed E-state index contributed by atoms with van der Waals surface area (Å²) < 4.78 is 0. The first-order valence-electron chi connectivity index (χ1n) is 9.00. The largest absolute Gasteiger partial charge is 0.361 e.